The number of nitrogens with zero attached hydrogens (tertiary/aromatic N) is 2. The van der Waals surface area contributed by atoms with Crippen LogP contribution in [-0.2, 0) is 0 Å². The van der Waals surface area contributed by atoms with Crippen LogP contribution in [0.2, 0.25) is 0 Å². The summed E-state index contributed by atoms with van der Waals surface area (Å²) < 4.78 is 0. The quantitative estimate of drug-likeness (QED) is 0.127. The smallest absolute Gasteiger partial charge is 0.249 e. The van der Waals surface area contributed by atoms with E-state index in [0.717, 1.165) is 0 Å². The van der Waals surface area contributed by atoms with Crippen LogP contribution in [0.4, 0.5) is 34.1 Å². The lowest BCUT2D eigenvalue weighted by molar-refractivity contribution is 1.27. The summed E-state index contributed by atoms with van der Waals surface area (Å²) in [6, 6.07) is 72.9. The third kappa shape index (κ3) is 4.50. The fraction of sp³-hybridized carbons (Fsp3) is 0. The summed E-state index contributed by atoms with van der Waals surface area (Å²) in [7, 11) is 0. The van der Waals surface area contributed by atoms with Crippen molar-refractivity contribution in [2.75, 3.05) is 9.80 Å². The van der Waals surface area contributed by atoms with Crippen LogP contribution in [0, 0.1) is 0 Å². The second-order valence-corrected chi connectivity index (χ2v) is 18.5. The summed E-state index contributed by atoms with van der Waals surface area (Å²) in [5.74, 6) is 0. The van der Waals surface area contributed by atoms with Crippen LogP contribution in [0.3, 0.4) is 0 Å². The van der Waals surface area contributed by atoms with Gasteiger partial charge >= 0.3 is 0 Å². The zero-order valence-corrected chi connectivity index (χ0v) is 34.0. The van der Waals surface area contributed by atoms with E-state index < -0.39 is 0 Å². The standard InChI is InChI=1S/C54H32B2N2S2/c1-3-15-33(16-4-1)57-45-23-11-9-21-41(45)55-43-29-37-35-19-7-8-20-36(35)38-30-44-52(32-40(38)39(37)31-51(43)59-49-27-13-25-47(57)53(49)55)60-50-28-14-26-48-54(50)56(44)42-22-10-12-24-46(42)58(48)34-17-5-2-6-18-34/h1-32H. The van der Waals surface area contributed by atoms with Crippen LogP contribution < -0.4 is 42.6 Å². The van der Waals surface area contributed by atoms with E-state index in [1.54, 1.807) is 0 Å². The van der Waals surface area contributed by atoms with E-state index in [1.807, 2.05) is 23.5 Å². The molecular weight excluding hydrogens is 762 g/mol. The highest BCUT2D eigenvalue weighted by Crippen LogP contribution is 2.46. The molecule has 6 heteroatoms. The molecular formula is C54H32B2N2S2. The Labute approximate surface area is 357 Å². The maximum Gasteiger partial charge on any atom is 0.249 e. The monoisotopic (exact) mass is 794 g/mol. The molecule has 0 radical (unpaired) electrons. The second kappa shape index (κ2) is 12.5. The highest BCUT2D eigenvalue weighted by molar-refractivity contribution is 8.00. The molecule has 4 aliphatic rings. The van der Waals surface area contributed by atoms with E-state index in [1.165, 1.54) is 119 Å². The Balaban J connectivity index is 1.01. The number of fused-ring (bicyclic) bond motifs is 14. The molecule has 0 N–H and O–H groups in total. The van der Waals surface area contributed by atoms with Crippen LogP contribution >= 0.6 is 23.5 Å². The molecule has 0 aromatic heterocycles. The minimum Gasteiger partial charge on any atom is -0.311 e. The number of hydrogen-bond acceptors (Lipinski definition) is 4. The van der Waals surface area contributed by atoms with E-state index in [0.29, 0.717) is 0 Å². The zero-order valence-electron chi connectivity index (χ0n) is 32.3. The van der Waals surface area contributed by atoms with Gasteiger partial charge in [0.05, 0.1) is 0 Å². The van der Waals surface area contributed by atoms with Crippen LogP contribution in [-0.4, -0.2) is 13.4 Å². The first-order valence-electron chi connectivity index (χ1n) is 20.7. The highest BCUT2D eigenvalue weighted by Gasteiger charge is 2.43. The van der Waals surface area contributed by atoms with Crippen molar-refractivity contribution < 1.29 is 0 Å². The van der Waals surface area contributed by atoms with E-state index in [2.05, 4.69) is 204 Å². The lowest BCUT2D eigenvalue weighted by atomic mass is 9.34. The second-order valence-electron chi connectivity index (χ2n) is 16.3. The van der Waals surface area contributed by atoms with Crippen LogP contribution in [0.15, 0.2) is 214 Å². The fourth-order valence-corrected chi connectivity index (χ4v) is 13.3. The molecule has 276 valence electrons. The summed E-state index contributed by atoms with van der Waals surface area (Å²) in [6.07, 6.45) is 0. The van der Waals surface area contributed by atoms with Gasteiger partial charge < -0.3 is 9.80 Å². The first-order valence-corrected chi connectivity index (χ1v) is 22.4. The van der Waals surface area contributed by atoms with Gasteiger partial charge in [-0.05, 0) is 127 Å². The molecule has 4 heterocycles. The fourth-order valence-electron chi connectivity index (χ4n) is 10.9. The van der Waals surface area contributed by atoms with Crippen molar-refractivity contribution in [1.29, 1.82) is 0 Å². The van der Waals surface area contributed by atoms with Gasteiger partial charge in [-0.1, -0.05) is 156 Å². The zero-order chi connectivity index (χ0) is 39.1. The van der Waals surface area contributed by atoms with E-state index in [9.17, 15) is 0 Å². The number of para-hydroxylation sites is 4. The van der Waals surface area contributed by atoms with Gasteiger partial charge in [0, 0.05) is 53.7 Å². The highest BCUT2D eigenvalue weighted by atomic mass is 32.2. The van der Waals surface area contributed by atoms with Crippen LogP contribution in [0.25, 0.3) is 32.3 Å². The third-order valence-electron chi connectivity index (χ3n) is 13.3. The number of hydrogen-bond donors (Lipinski definition) is 0. The minimum atomic E-state index is 0.133. The molecule has 14 rings (SSSR count). The number of rotatable bonds is 2. The predicted octanol–water partition coefficient (Wildman–Crippen LogP) is 10.7. The summed E-state index contributed by atoms with van der Waals surface area (Å²) in [4.78, 5) is 10.3. The van der Waals surface area contributed by atoms with Crippen molar-refractivity contribution in [2.45, 2.75) is 19.6 Å². The first kappa shape index (κ1) is 33.3. The van der Waals surface area contributed by atoms with E-state index in [-0.39, 0.29) is 13.4 Å². The van der Waals surface area contributed by atoms with Crippen molar-refractivity contribution in [1.82, 2.24) is 0 Å². The Kier molecular flexibility index (Phi) is 6.91. The van der Waals surface area contributed by atoms with Crippen LogP contribution in [0.5, 0.6) is 0 Å². The summed E-state index contributed by atoms with van der Waals surface area (Å²) in [5.41, 5.74) is 15.7. The molecule has 10 aromatic rings. The van der Waals surface area contributed by atoms with Gasteiger partial charge in [0.2, 0.25) is 13.4 Å². The Hall–Kier alpha value is -6.59. The van der Waals surface area contributed by atoms with Crippen molar-refractivity contribution in [2.24, 2.45) is 0 Å². The van der Waals surface area contributed by atoms with Crippen LogP contribution in [0.1, 0.15) is 0 Å². The third-order valence-corrected chi connectivity index (χ3v) is 15.6. The molecule has 0 atom stereocenters. The average Bonchev–Trinajstić information content (AvgIpc) is 3.31. The largest absolute Gasteiger partial charge is 0.311 e. The molecule has 4 aliphatic heterocycles. The van der Waals surface area contributed by atoms with Gasteiger partial charge in [-0.2, -0.15) is 0 Å². The Morgan fingerprint density at radius 2 is 0.667 bits per heavy atom. The summed E-state index contributed by atoms with van der Waals surface area (Å²) >= 11 is 3.87. The van der Waals surface area contributed by atoms with Gasteiger partial charge in [-0.25, -0.2) is 0 Å². The molecule has 0 saturated heterocycles. The maximum absolute atomic E-state index is 2.56. The van der Waals surface area contributed by atoms with Gasteiger partial charge in [0.1, 0.15) is 0 Å². The van der Waals surface area contributed by atoms with E-state index >= 15 is 0 Å². The molecule has 0 spiro atoms. The molecule has 0 amide bonds. The molecule has 0 saturated carbocycles. The van der Waals surface area contributed by atoms with Crippen molar-refractivity contribution >= 4 is 136 Å². The van der Waals surface area contributed by atoms with Crippen molar-refractivity contribution in [3.63, 3.8) is 0 Å². The predicted molar refractivity (Wildman–Crippen MR) is 259 cm³/mol. The molecule has 0 bridgehead atoms. The average molecular weight is 795 g/mol. The van der Waals surface area contributed by atoms with Gasteiger partial charge in [-0.15, -0.1) is 0 Å². The summed E-state index contributed by atoms with van der Waals surface area (Å²) in [5, 5.41) is 7.92. The summed E-state index contributed by atoms with van der Waals surface area (Å²) in [6.45, 7) is 0.267. The maximum atomic E-state index is 2.56. The Morgan fingerprint density at radius 3 is 1.13 bits per heavy atom. The molecule has 10 aromatic carbocycles. The molecule has 0 aliphatic carbocycles. The normalized spacial score (nSPS) is 14.1. The molecule has 0 unspecified atom stereocenters. The Bertz CT molecular complexity index is 3250. The molecule has 60 heavy (non-hydrogen) atoms. The topological polar surface area (TPSA) is 6.48 Å². The number of anilines is 6. The molecule has 2 nitrogen and oxygen atoms in total. The van der Waals surface area contributed by atoms with Gasteiger partial charge in [-0.3, -0.25) is 0 Å². The number of benzene rings is 10. The Morgan fingerprint density at radius 1 is 0.283 bits per heavy atom. The van der Waals surface area contributed by atoms with Crippen molar-refractivity contribution in [3.8, 4) is 0 Å². The first-order chi connectivity index (χ1) is 29.8. The molecule has 0 fully saturated rings. The lowest BCUT2D eigenvalue weighted by Gasteiger charge is -2.40. The van der Waals surface area contributed by atoms with E-state index in [4.69, 9.17) is 0 Å². The lowest BCUT2D eigenvalue weighted by Crippen LogP contribution is -2.59. The van der Waals surface area contributed by atoms with Gasteiger partial charge in [0.25, 0.3) is 0 Å². The van der Waals surface area contributed by atoms with Gasteiger partial charge in [0.15, 0.2) is 0 Å². The van der Waals surface area contributed by atoms with Crippen molar-refractivity contribution in [3.05, 3.63) is 194 Å². The SMILES string of the molecule is c1ccc(N2c3ccccc3B3c4cc5c6ccccc6c6cc7c(cc6c5cc4Sc4cccc2c43)Sc2cccc3c2B7c2ccccc2N3c2ccccc2)cc1. The minimum absolute atomic E-state index is 0.133.